The van der Waals surface area contributed by atoms with Crippen LogP contribution in [0.5, 0.6) is 11.5 Å². The van der Waals surface area contributed by atoms with Crippen LogP contribution in [-0.4, -0.2) is 90.8 Å². The van der Waals surface area contributed by atoms with Gasteiger partial charge in [-0.15, -0.1) is 0 Å². The molecule has 1 aliphatic carbocycles. The number of carboxylic acid groups (broad SMARTS) is 2. The van der Waals surface area contributed by atoms with Crippen LogP contribution in [0.4, 0.5) is 0 Å². The third-order valence-electron chi connectivity index (χ3n) is 6.40. The molecule has 2 aliphatic rings. The van der Waals surface area contributed by atoms with E-state index >= 15 is 0 Å². The topological polar surface area (TPSA) is 201 Å². The minimum Gasteiger partial charge on any atom is -0.493 e. The first-order valence-electron chi connectivity index (χ1n) is 11.9. The maximum Gasteiger partial charge on any atom is 0.347 e. The Labute approximate surface area is 217 Å². The summed E-state index contributed by atoms with van der Waals surface area (Å²) in [4.78, 5) is 40.3. The predicted octanol–water partition coefficient (Wildman–Crippen LogP) is -0.0870. The SMILES string of the molecule is CCOc1cc2c(cc1OC)C(c1cnc(=O)n(C)c1)=N[C@@H]1CC[C@@H](O)C[C@H]21.O=C(O)[C@H](O)[C@@H](O)C(=O)O. The van der Waals surface area contributed by atoms with E-state index in [4.69, 9.17) is 34.9 Å². The van der Waals surface area contributed by atoms with E-state index in [0.29, 0.717) is 24.5 Å². The Morgan fingerprint density at radius 1 is 1.13 bits per heavy atom. The molecule has 2 heterocycles. The molecule has 0 radical (unpaired) electrons. The van der Waals surface area contributed by atoms with E-state index in [1.165, 1.54) is 4.57 Å². The van der Waals surface area contributed by atoms with Gasteiger partial charge in [0.1, 0.15) is 0 Å². The molecule has 0 unspecified atom stereocenters. The number of aliphatic imine (C=N–C) groups is 1. The first-order chi connectivity index (χ1) is 18.0. The number of aromatic nitrogens is 2. The first-order valence-corrected chi connectivity index (χ1v) is 11.9. The van der Waals surface area contributed by atoms with Crippen LogP contribution in [0.2, 0.25) is 0 Å². The minimum absolute atomic E-state index is 0.0889. The fourth-order valence-corrected chi connectivity index (χ4v) is 4.51. The lowest BCUT2D eigenvalue weighted by Crippen LogP contribution is -2.39. The van der Waals surface area contributed by atoms with Crippen molar-refractivity contribution in [3.63, 3.8) is 0 Å². The number of rotatable bonds is 7. The van der Waals surface area contributed by atoms with Gasteiger partial charge in [0.2, 0.25) is 0 Å². The highest BCUT2D eigenvalue weighted by molar-refractivity contribution is 6.14. The van der Waals surface area contributed by atoms with Gasteiger partial charge >= 0.3 is 17.6 Å². The fraction of sp³-hybridized carbons (Fsp3) is 0.480. The molecule has 1 aromatic heterocycles. The summed E-state index contributed by atoms with van der Waals surface area (Å²) in [5.74, 6) is -2.07. The van der Waals surface area contributed by atoms with Gasteiger partial charge < -0.3 is 39.6 Å². The highest BCUT2D eigenvalue weighted by Crippen LogP contribution is 2.44. The molecule has 2 aromatic rings. The number of aliphatic hydroxyl groups is 3. The molecule has 206 valence electrons. The van der Waals surface area contributed by atoms with Crippen molar-refractivity contribution in [3.05, 3.63) is 51.7 Å². The smallest absolute Gasteiger partial charge is 0.347 e. The van der Waals surface area contributed by atoms with Crippen molar-refractivity contribution in [2.24, 2.45) is 12.0 Å². The Bertz CT molecular complexity index is 1260. The fourth-order valence-electron chi connectivity index (χ4n) is 4.51. The summed E-state index contributed by atoms with van der Waals surface area (Å²) in [6, 6.07) is 4.06. The average molecular weight is 534 g/mol. The van der Waals surface area contributed by atoms with Crippen molar-refractivity contribution in [3.8, 4) is 11.5 Å². The summed E-state index contributed by atoms with van der Waals surface area (Å²) in [5.41, 5.74) is 3.34. The summed E-state index contributed by atoms with van der Waals surface area (Å²) in [6.45, 7) is 2.48. The van der Waals surface area contributed by atoms with Crippen molar-refractivity contribution in [1.29, 1.82) is 0 Å². The van der Waals surface area contributed by atoms with Crippen LogP contribution in [0.25, 0.3) is 0 Å². The van der Waals surface area contributed by atoms with Gasteiger partial charge in [0.05, 0.1) is 31.6 Å². The Kier molecular flexibility index (Phi) is 9.20. The molecule has 13 nitrogen and oxygen atoms in total. The molecule has 0 bridgehead atoms. The van der Waals surface area contributed by atoms with Crippen molar-refractivity contribution >= 4 is 17.7 Å². The van der Waals surface area contributed by atoms with Crippen molar-refractivity contribution in [2.75, 3.05) is 13.7 Å². The number of benzene rings is 1. The highest BCUT2D eigenvalue weighted by Gasteiger charge is 2.37. The van der Waals surface area contributed by atoms with Gasteiger partial charge in [-0.3, -0.25) is 4.99 Å². The lowest BCUT2D eigenvalue weighted by atomic mass is 9.74. The summed E-state index contributed by atoms with van der Waals surface area (Å²) in [7, 11) is 3.30. The lowest BCUT2D eigenvalue weighted by Gasteiger charge is -2.37. The van der Waals surface area contributed by atoms with Gasteiger partial charge in [-0.25, -0.2) is 19.4 Å². The van der Waals surface area contributed by atoms with E-state index in [0.717, 1.165) is 35.2 Å². The molecular formula is C25H31N3O10. The van der Waals surface area contributed by atoms with Crippen molar-refractivity contribution < 1.29 is 44.6 Å². The van der Waals surface area contributed by atoms with Gasteiger partial charge in [0.15, 0.2) is 23.7 Å². The van der Waals surface area contributed by atoms with Crippen molar-refractivity contribution in [2.45, 2.75) is 56.5 Å². The molecular weight excluding hydrogens is 502 g/mol. The van der Waals surface area contributed by atoms with E-state index in [9.17, 15) is 19.5 Å². The van der Waals surface area contributed by atoms with E-state index in [1.807, 2.05) is 19.1 Å². The van der Waals surface area contributed by atoms with Gasteiger partial charge in [-0.1, -0.05) is 0 Å². The Morgan fingerprint density at radius 3 is 2.34 bits per heavy atom. The maximum atomic E-state index is 11.7. The van der Waals surface area contributed by atoms with Crippen LogP contribution in [0, 0.1) is 0 Å². The normalized spacial score (nSPS) is 21.4. The average Bonchev–Trinajstić information content (AvgIpc) is 2.89. The maximum absolute atomic E-state index is 11.7. The third kappa shape index (κ3) is 6.18. The Balaban J connectivity index is 0.000000342. The van der Waals surface area contributed by atoms with Crippen molar-refractivity contribution in [1.82, 2.24) is 9.55 Å². The molecule has 1 saturated carbocycles. The number of carboxylic acids is 2. The van der Waals surface area contributed by atoms with Gasteiger partial charge in [0, 0.05) is 36.5 Å². The Hall–Kier alpha value is -3.81. The molecule has 0 spiro atoms. The minimum atomic E-state index is -2.27. The summed E-state index contributed by atoms with van der Waals surface area (Å²) in [6.07, 6.45) is 0.734. The number of hydrogen-bond acceptors (Lipinski definition) is 10. The van der Waals surface area contributed by atoms with Crippen LogP contribution in [-0.2, 0) is 16.6 Å². The third-order valence-corrected chi connectivity index (χ3v) is 6.40. The van der Waals surface area contributed by atoms with E-state index in [1.54, 1.807) is 26.6 Å². The molecule has 13 heteroatoms. The second-order valence-electron chi connectivity index (χ2n) is 8.94. The molecule has 1 aromatic carbocycles. The molecule has 1 aliphatic heterocycles. The predicted molar refractivity (Wildman–Crippen MR) is 133 cm³/mol. The monoisotopic (exact) mass is 533 g/mol. The first kappa shape index (κ1) is 28.8. The number of methoxy groups -OCH3 is 1. The van der Waals surface area contributed by atoms with Crippen LogP contribution < -0.4 is 15.2 Å². The summed E-state index contributed by atoms with van der Waals surface area (Å²) >= 11 is 0. The number of aliphatic carboxylic acids is 2. The van der Waals surface area contributed by atoms with E-state index in [2.05, 4.69) is 4.98 Å². The number of aryl methyl sites for hydroxylation is 1. The van der Waals surface area contributed by atoms with Crippen LogP contribution in [0.1, 0.15) is 48.8 Å². The lowest BCUT2D eigenvalue weighted by molar-refractivity contribution is -0.165. The quantitative estimate of drug-likeness (QED) is 0.318. The largest absolute Gasteiger partial charge is 0.493 e. The number of nitrogens with zero attached hydrogens (tertiary/aromatic N) is 3. The van der Waals surface area contributed by atoms with E-state index < -0.39 is 24.1 Å². The second kappa shape index (κ2) is 12.2. The van der Waals surface area contributed by atoms with Gasteiger partial charge in [0.25, 0.3) is 0 Å². The molecule has 5 atom stereocenters. The zero-order chi connectivity index (χ0) is 28.1. The second-order valence-corrected chi connectivity index (χ2v) is 8.94. The molecule has 4 rings (SSSR count). The summed E-state index contributed by atoms with van der Waals surface area (Å²) < 4.78 is 12.8. The number of aliphatic hydroxyl groups excluding tert-OH is 3. The van der Waals surface area contributed by atoms with Gasteiger partial charge in [-0.05, 0) is 43.9 Å². The zero-order valence-corrected chi connectivity index (χ0v) is 21.1. The van der Waals surface area contributed by atoms with Crippen LogP contribution >= 0.6 is 0 Å². The molecule has 5 N–H and O–H groups in total. The molecule has 0 saturated heterocycles. The summed E-state index contributed by atoms with van der Waals surface area (Å²) in [5, 5.41) is 42.8. The number of fused-ring (bicyclic) bond motifs is 3. The van der Waals surface area contributed by atoms with Gasteiger partial charge in [-0.2, -0.15) is 0 Å². The number of ether oxygens (including phenoxy) is 2. The van der Waals surface area contributed by atoms with E-state index in [-0.39, 0.29) is 23.8 Å². The standard InChI is InChI=1S/C21H25N3O4.C4H6O6/c1-4-28-19-8-14-15-7-13(25)5-6-17(15)23-20(16(14)9-18(19)27-3)12-10-22-21(26)24(2)11-12;5-1(3(7)8)2(6)4(9)10/h8-11,13,15,17,25H,4-7H2,1-3H3;1-2,5-6H,(H,7,8)(H,9,10)/t13-,15-,17-;1-,2-/m11/s1. The molecule has 0 amide bonds. The molecule has 1 fully saturated rings. The zero-order valence-electron chi connectivity index (χ0n) is 21.1. The Morgan fingerprint density at radius 2 is 1.79 bits per heavy atom. The number of hydrogen-bond donors (Lipinski definition) is 5. The highest BCUT2D eigenvalue weighted by atomic mass is 16.5. The van der Waals surface area contributed by atoms with Crippen LogP contribution in [0.15, 0.2) is 34.3 Å². The number of carbonyl (C=O) groups is 2. The molecule has 38 heavy (non-hydrogen) atoms. The van der Waals surface area contributed by atoms with Crippen LogP contribution in [0.3, 0.4) is 0 Å².